The first-order valence-electron chi connectivity index (χ1n) is 6.62. The molecule has 4 N–H and O–H groups in total. The van der Waals surface area contributed by atoms with E-state index in [2.05, 4.69) is 10.4 Å². The number of nitrogens with one attached hydrogen (secondary N) is 1. The number of amides is 1. The first kappa shape index (κ1) is 13.4. The predicted octanol–water partition coefficient (Wildman–Crippen LogP) is 1.17. The molecule has 0 spiro atoms. The highest BCUT2D eigenvalue weighted by Crippen LogP contribution is 2.37. The zero-order chi connectivity index (χ0) is 14.5. The Labute approximate surface area is 120 Å². The van der Waals surface area contributed by atoms with Gasteiger partial charge in [-0.1, -0.05) is 0 Å². The molecule has 108 valence electrons. The number of rotatable bonds is 3. The van der Waals surface area contributed by atoms with E-state index in [1.165, 1.54) is 11.3 Å². The third-order valence-corrected chi connectivity index (χ3v) is 5.35. The molecule has 0 bridgehead atoms. The number of hydrogen-bond donors (Lipinski definition) is 3. The van der Waals surface area contributed by atoms with Gasteiger partial charge < -0.3 is 16.2 Å². The number of carbonyl (C=O) groups excluding carboxylic acids is 1. The van der Waals surface area contributed by atoms with Gasteiger partial charge in [0.05, 0.1) is 28.9 Å². The molecule has 0 saturated heterocycles. The number of nitrogens with two attached hydrogens (primary N) is 1. The number of carbonyl (C=O) groups is 1. The maximum atomic E-state index is 12.4. The van der Waals surface area contributed by atoms with Crippen molar-refractivity contribution in [2.24, 2.45) is 7.05 Å². The Kier molecular flexibility index (Phi) is 2.98. The maximum absolute atomic E-state index is 12.4. The third-order valence-electron chi connectivity index (χ3n) is 4.08. The van der Waals surface area contributed by atoms with E-state index in [1.807, 2.05) is 14.0 Å². The van der Waals surface area contributed by atoms with Gasteiger partial charge >= 0.3 is 0 Å². The topological polar surface area (TPSA) is 93.2 Å². The standard InChI is InChI=1S/C13H18N4O2S/c1-7-8-9(14)10(20-12(8)17(2)16-7)11(19)15-13(6-18)4-3-5-13/h18H,3-6,14H2,1-2H3,(H,15,19). The molecule has 7 heteroatoms. The highest BCUT2D eigenvalue weighted by atomic mass is 32.1. The number of aliphatic hydroxyl groups excluding tert-OH is 1. The minimum absolute atomic E-state index is 0.0237. The molecule has 20 heavy (non-hydrogen) atoms. The van der Waals surface area contributed by atoms with Crippen LogP contribution in [-0.4, -0.2) is 32.9 Å². The number of thiophene rings is 1. The van der Waals surface area contributed by atoms with Crippen molar-refractivity contribution in [2.75, 3.05) is 12.3 Å². The van der Waals surface area contributed by atoms with Crippen molar-refractivity contribution in [3.8, 4) is 0 Å². The lowest BCUT2D eigenvalue weighted by Gasteiger charge is -2.40. The largest absolute Gasteiger partial charge is 0.397 e. The molecule has 1 saturated carbocycles. The van der Waals surface area contributed by atoms with Crippen molar-refractivity contribution in [1.82, 2.24) is 15.1 Å². The Morgan fingerprint density at radius 1 is 1.60 bits per heavy atom. The van der Waals surface area contributed by atoms with Crippen molar-refractivity contribution in [2.45, 2.75) is 31.7 Å². The molecular formula is C13H18N4O2S. The van der Waals surface area contributed by atoms with Crippen LogP contribution in [0.25, 0.3) is 10.2 Å². The van der Waals surface area contributed by atoms with Crippen LogP contribution in [0.5, 0.6) is 0 Å². The molecule has 1 aliphatic rings. The van der Waals surface area contributed by atoms with E-state index in [0.29, 0.717) is 10.6 Å². The number of nitrogens with zero attached hydrogens (tertiary/aromatic N) is 2. The molecule has 1 fully saturated rings. The third kappa shape index (κ3) is 1.81. The van der Waals surface area contributed by atoms with E-state index in [4.69, 9.17) is 5.73 Å². The second-order valence-electron chi connectivity index (χ2n) is 5.48. The van der Waals surface area contributed by atoms with Gasteiger partial charge in [-0.2, -0.15) is 5.10 Å². The number of anilines is 1. The lowest BCUT2D eigenvalue weighted by molar-refractivity contribution is 0.0646. The fraction of sp³-hybridized carbons (Fsp3) is 0.538. The van der Waals surface area contributed by atoms with E-state index >= 15 is 0 Å². The van der Waals surface area contributed by atoms with Gasteiger partial charge in [-0.3, -0.25) is 9.48 Å². The van der Waals surface area contributed by atoms with E-state index in [9.17, 15) is 9.90 Å². The van der Waals surface area contributed by atoms with Gasteiger partial charge in [0.2, 0.25) is 0 Å². The Hall–Kier alpha value is -1.60. The molecule has 0 unspecified atom stereocenters. The number of aliphatic hydroxyl groups is 1. The lowest BCUT2D eigenvalue weighted by Crippen LogP contribution is -2.56. The van der Waals surface area contributed by atoms with E-state index in [0.717, 1.165) is 35.2 Å². The number of fused-ring (bicyclic) bond motifs is 1. The van der Waals surface area contributed by atoms with Crippen LogP contribution >= 0.6 is 11.3 Å². The normalized spacial score (nSPS) is 17.1. The second-order valence-corrected chi connectivity index (χ2v) is 6.48. The molecule has 2 heterocycles. The van der Waals surface area contributed by atoms with Crippen molar-refractivity contribution in [3.63, 3.8) is 0 Å². The summed E-state index contributed by atoms with van der Waals surface area (Å²) >= 11 is 1.35. The SMILES string of the molecule is Cc1nn(C)c2sc(C(=O)NC3(CO)CCC3)c(N)c12. The molecule has 0 radical (unpaired) electrons. The number of nitrogen functional groups attached to an aromatic ring is 1. The lowest BCUT2D eigenvalue weighted by atomic mass is 9.77. The quantitative estimate of drug-likeness (QED) is 0.792. The van der Waals surface area contributed by atoms with Crippen LogP contribution in [0.2, 0.25) is 0 Å². The molecule has 1 aliphatic carbocycles. The molecule has 1 amide bonds. The summed E-state index contributed by atoms with van der Waals surface area (Å²) in [7, 11) is 1.84. The summed E-state index contributed by atoms with van der Waals surface area (Å²) in [5, 5.41) is 17.5. The van der Waals surface area contributed by atoms with Crippen LogP contribution < -0.4 is 11.1 Å². The molecule has 0 aliphatic heterocycles. The Morgan fingerprint density at radius 3 is 2.80 bits per heavy atom. The van der Waals surface area contributed by atoms with Gasteiger partial charge in [-0.25, -0.2) is 0 Å². The Balaban J connectivity index is 1.96. The minimum Gasteiger partial charge on any atom is -0.397 e. The van der Waals surface area contributed by atoms with Crippen LogP contribution in [0.3, 0.4) is 0 Å². The van der Waals surface area contributed by atoms with Crippen LogP contribution in [-0.2, 0) is 7.05 Å². The highest BCUT2D eigenvalue weighted by molar-refractivity contribution is 7.21. The second kappa shape index (κ2) is 4.46. The molecule has 2 aromatic heterocycles. The Morgan fingerprint density at radius 2 is 2.30 bits per heavy atom. The van der Waals surface area contributed by atoms with Crippen LogP contribution in [0, 0.1) is 6.92 Å². The summed E-state index contributed by atoms with van der Waals surface area (Å²) in [5.41, 5.74) is 6.97. The zero-order valence-electron chi connectivity index (χ0n) is 11.6. The van der Waals surface area contributed by atoms with Crippen molar-refractivity contribution < 1.29 is 9.90 Å². The number of aromatic nitrogens is 2. The summed E-state index contributed by atoms with van der Waals surface area (Å²) < 4.78 is 1.74. The molecule has 2 aromatic rings. The summed E-state index contributed by atoms with van der Waals surface area (Å²) in [6, 6.07) is 0. The van der Waals surface area contributed by atoms with Crippen LogP contribution in [0.1, 0.15) is 34.6 Å². The molecule has 0 aromatic carbocycles. The minimum atomic E-state index is -0.451. The molecular weight excluding hydrogens is 276 g/mol. The van der Waals surface area contributed by atoms with Crippen molar-refractivity contribution >= 4 is 33.1 Å². The maximum Gasteiger partial charge on any atom is 0.264 e. The predicted molar refractivity (Wildman–Crippen MR) is 78.9 cm³/mol. The summed E-state index contributed by atoms with van der Waals surface area (Å²) in [5.74, 6) is -0.197. The monoisotopic (exact) mass is 294 g/mol. The first-order valence-corrected chi connectivity index (χ1v) is 7.44. The average Bonchev–Trinajstić information content (AvgIpc) is 2.84. The van der Waals surface area contributed by atoms with E-state index < -0.39 is 5.54 Å². The van der Waals surface area contributed by atoms with Crippen LogP contribution in [0.4, 0.5) is 5.69 Å². The van der Waals surface area contributed by atoms with Gasteiger partial charge in [-0.05, 0) is 26.2 Å². The van der Waals surface area contributed by atoms with Gasteiger partial charge in [0.15, 0.2) is 0 Å². The smallest absolute Gasteiger partial charge is 0.264 e. The number of aryl methyl sites for hydroxylation is 2. The summed E-state index contributed by atoms with van der Waals surface area (Å²) in [4.78, 5) is 13.8. The van der Waals surface area contributed by atoms with Gasteiger partial charge in [0.1, 0.15) is 9.71 Å². The van der Waals surface area contributed by atoms with E-state index in [1.54, 1.807) is 4.68 Å². The molecule has 6 nitrogen and oxygen atoms in total. The first-order chi connectivity index (χ1) is 9.47. The van der Waals surface area contributed by atoms with Gasteiger partial charge in [0.25, 0.3) is 5.91 Å². The van der Waals surface area contributed by atoms with Crippen molar-refractivity contribution in [1.29, 1.82) is 0 Å². The fourth-order valence-corrected chi connectivity index (χ4v) is 3.80. The van der Waals surface area contributed by atoms with Crippen LogP contribution in [0.15, 0.2) is 0 Å². The number of hydrogen-bond acceptors (Lipinski definition) is 5. The average molecular weight is 294 g/mol. The van der Waals surface area contributed by atoms with Gasteiger partial charge in [-0.15, -0.1) is 11.3 Å². The summed E-state index contributed by atoms with van der Waals surface area (Å²) in [6.45, 7) is 1.86. The van der Waals surface area contributed by atoms with E-state index in [-0.39, 0.29) is 12.5 Å². The van der Waals surface area contributed by atoms with Crippen molar-refractivity contribution in [3.05, 3.63) is 10.6 Å². The Bertz CT molecular complexity index is 679. The fourth-order valence-electron chi connectivity index (χ4n) is 2.72. The molecule has 3 rings (SSSR count). The van der Waals surface area contributed by atoms with Gasteiger partial charge in [0, 0.05) is 7.05 Å². The summed E-state index contributed by atoms with van der Waals surface area (Å²) in [6.07, 6.45) is 2.67. The highest BCUT2D eigenvalue weighted by Gasteiger charge is 2.38. The molecule has 0 atom stereocenters. The zero-order valence-corrected chi connectivity index (χ0v) is 12.4.